The summed E-state index contributed by atoms with van der Waals surface area (Å²) in [6, 6.07) is 13.6. The molecule has 6 heteroatoms. The molecule has 0 spiro atoms. The van der Waals surface area contributed by atoms with Crippen molar-refractivity contribution in [3.05, 3.63) is 63.6 Å². The van der Waals surface area contributed by atoms with Crippen molar-refractivity contribution in [2.75, 3.05) is 32.4 Å². The SMILES string of the molecule is CN(C(=O)Cc1ccc(Cl)c(Cl)c1N)[C@H](CN1CCCC1)c1ccccc1. The first kappa shape index (κ1) is 20.0. The van der Waals surface area contributed by atoms with Gasteiger partial charge in [-0.25, -0.2) is 0 Å². The van der Waals surface area contributed by atoms with Crippen LogP contribution in [0.25, 0.3) is 0 Å². The van der Waals surface area contributed by atoms with E-state index >= 15 is 0 Å². The van der Waals surface area contributed by atoms with Crippen LogP contribution < -0.4 is 5.73 Å². The molecule has 1 atom stereocenters. The molecule has 2 aromatic rings. The predicted octanol–water partition coefficient (Wildman–Crippen LogP) is 4.41. The molecule has 2 N–H and O–H groups in total. The third-order valence-corrected chi connectivity index (χ3v) is 6.06. The van der Waals surface area contributed by atoms with Gasteiger partial charge in [0.2, 0.25) is 5.91 Å². The Bertz CT molecular complexity index is 792. The molecule has 1 saturated heterocycles. The van der Waals surface area contributed by atoms with Crippen molar-refractivity contribution in [2.24, 2.45) is 0 Å². The molecular weight excluding hydrogens is 381 g/mol. The normalized spacial score (nSPS) is 15.7. The Hall–Kier alpha value is -1.75. The molecule has 1 amide bonds. The van der Waals surface area contributed by atoms with Crippen LogP contribution in [0, 0.1) is 0 Å². The highest BCUT2D eigenvalue weighted by Crippen LogP contribution is 2.31. The van der Waals surface area contributed by atoms with E-state index in [2.05, 4.69) is 17.0 Å². The van der Waals surface area contributed by atoms with E-state index in [4.69, 9.17) is 28.9 Å². The molecule has 2 aromatic carbocycles. The summed E-state index contributed by atoms with van der Waals surface area (Å²) in [6.07, 6.45) is 2.64. The summed E-state index contributed by atoms with van der Waals surface area (Å²) in [7, 11) is 1.86. The monoisotopic (exact) mass is 405 g/mol. The third kappa shape index (κ3) is 4.75. The van der Waals surface area contributed by atoms with E-state index in [1.54, 1.807) is 12.1 Å². The number of carbonyl (C=O) groups is 1. The summed E-state index contributed by atoms with van der Waals surface area (Å²) in [5, 5.41) is 0.705. The smallest absolute Gasteiger partial charge is 0.227 e. The Morgan fingerprint density at radius 3 is 2.48 bits per heavy atom. The molecule has 1 aliphatic rings. The average molecular weight is 406 g/mol. The van der Waals surface area contributed by atoms with Crippen molar-refractivity contribution < 1.29 is 4.79 Å². The number of rotatable bonds is 6. The molecule has 0 aliphatic carbocycles. The molecule has 0 bridgehead atoms. The molecule has 1 aliphatic heterocycles. The predicted molar refractivity (Wildman–Crippen MR) is 112 cm³/mol. The number of likely N-dealkylation sites (tertiary alicyclic amines) is 1. The van der Waals surface area contributed by atoms with Gasteiger partial charge < -0.3 is 15.5 Å². The fraction of sp³-hybridized carbons (Fsp3) is 0.381. The van der Waals surface area contributed by atoms with E-state index in [1.165, 1.54) is 12.8 Å². The maximum Gasteiger partial charge on any atom is 0.227 e. The van der Waals surface area contributed by atoms with Gasteiger partial charge in [-0.1, -0.05) is 59.6 Å². The van der Waals surface area contributed by atoms with Crippen LogP contribution in [0.1, 0.15) is 30.0 Å². The zero-order chi connectivity index (χ0) is 19.4. The number of halogens is 2. The molecular formula is C21H25Cl2N3O. The number of carbonyl (C=O) groups excluding carboxylic acids is 1. The number of anilines is 1. The van der Waals surface area contributed by atoms with Crippen LogP contribution in [0.3, 0.4) is 0 Å². The largest absolute Gasteiger partial charge is 0.397 e. The number of nitrogen functional groups attached to an aromatic ring is 1. The molecule has 0 unspecified atom stereocenters. The highest BCUT2D eigenvalue weighted by molar-refractivity contribution is 6.43. The minimum atomic E-state index is 0.000738. The standard InChI is InChI=1S/C21H25Cl2N3O/c1-25(19(27)13-16-9-10-17(22)20(23)21(16)24)18(14-26-11-5-6-12-26)15-7-3-2-4-8-15/h2-4,7-10,18H,5-6,11-14,24H2,1H3/t18-/m1/s1. The van der Waals surface area contributed by atoms with Crippen LogP contribution in [0.15, 0.2) is 42.5 Å². The summed E-state index contributed by atoms with van der Waals surface area (Å²) in [4.78, 5) is 17.3. The topological polar surface area (TPSA) is 49.6 Å². The van der Waals surface area contributed by atoms with E-state index in [-0.39, 0.29) is 18.4 Å². The second-order valence-corrected chi connectivity index (χ2v) is 7.83. The molecule has 1 heterocycles. The average Bonchev–Trinajstić information content (AvgIpc) is 3.20. The lowest BCUT2D eigenvalue weighted by Gasteiger charge is -2.32. The Morgan fingerprint density at radius 1 is 1.15 bits per heavy atom. The van der Waals surface area contributed by atoms with E-state index < -0.39 is 0 Å². The number of hydrogen-bond donors (Lipinski definition) is 1. The summed E-state index contributed by atoms with van der Waals surface area (Å²) in [5.41, 5.74) is 8.28. The van der Waals surface area contributed by atoms with Gasteiger partial charge in [0.25, 0.3) is 0 Å². The summed E-state index contributed by atoms with van der Waals surface area (Å²) >= 11 is 12.1. The van der Waals surface area contributed by atoms with Crippen molar-refractivity contribution in [1.29, 1.82) is 0 Å². The Balaban J connectivity index is 1.79. The Kier molecular flexibility index (Phi) is 6.64. The van der Waals surface area contributed by atoms with Gasteiger partial charge in [-0.05, 0) is 43.1 Å². The second kappa shape index (κ2) is 8.96. The molecule has 0 saturated carbocycles. The van der Waals surface area contributed by atoms with Gasteiger partial charge in [0, 0.05) is 13.6 Å². The van der Waals surface area contributed by atoms with Gasteiger partial charge in [-0.2, -0.15) is 0 Å². The van der Waals surface area contributed by atoms with Gasteiger partial charge >= 0.3 is 0 Å². The lowest BCUT2D eigenvalue weighted by molar-refractivity contribution is -0.131. The fourth-order valence-electron chi connectivity index (χ4n) is 3.56. The van der Waals surface area contributed by atoms with Gasteiger partial charge in [0.15, 0.2) is 0 Å². The van der Waals surface area contributed by atoms with Crippen LogP contribution >= 0.6 is 23.2 Å². The zero-order valence-corrected chi connectivity index (χ0v) is 17.0. The molecule has 0 radical (unpaired) electrons. The first-order valence-corrected chi connectivity index (χ1v) is 9.98. The van der Waals surface area contributed by atoms with E-state index in [0.717, 1.165) is 25.2 Å². The second-order valence-electron chi connectivity index (χ2n) is 7.05. The number of benzene rings is 2. The van der Waals surface area contributed by atoms with E-state index in [9.17, 15) is 4.79 Å². The third-order valence-electron chi connectivity index (χ3n) is 5.24. The molecule has 4 nitrogen and oxygen atoms in total. The van der Waals surface area contributed by atoms with E-state index in [0.29, 0.717) is 21.3 Å². The summed E-state index contributed by atoms with van der Waals surface area (Å²) in [5.74, 6) is 0.00754. The van der Waals surface area contributed by atoms with E-state index in [1.807, 2.05) is 30.1 Å². The fourth-order valence-corrected chi connectivity index (χ4v) is 3.91. The minimum Gasteiger partial charge on any atom is -0.397 e. The van der Waals surface area contributed by atoms with Crippen molar-refractivity contribution in [3.8, 4) is 0 Å². The van der Waals surface area contributed by atoms with Gasteiger partial charge in [0.1, 0.15) is 0 Å². The number of amides is 1. The van der Waals surface area contributed by atoms with Crippen LogP contribution in [0.2, 0.25) is 10.0 Å². The quantitative estimate of drug-likeness (QED) is 0.723. The maximum absolute atomic E-state index is 13.0. The highest BCUT2D eigenvalue weighted by Gasteiger charge is 2.26. The van der Waals surface area contributed by atoms with Crippen LogP contribution in [-0.4, -0.2) is 42.4 Å². The maximum atomic E-state index is 13.0. The summed E-state index contributed by atoms with van der Waals surface area (Å²) < 4.78 is 0. The van der Waals surface area contributed by atoms with Crippen molar-refractivity contribution >= 4 is 34.8 Å². The van der Waals surface area contributed by atoms with Crippen molar-refractivity contribution in [3.63, 3.8) is 0 Å². The Labute approximate surface area is 170 Å². The van der Waals surface area contributed by atoms with Crippen LogP contribution in [0.5, 0.6) is 0 Å². The minimum absolute atomic E-state index is 0.000738. The van der Waals surface area contributed by atoms with Crippen molar-refractivity contribution in [1.82, 2.24) is 9.80 Å². The number of nitrogens with two attached hydrogens (primary N) is 1. The molecule has 144 valence electrons. The van der Waals surface area contributed by atoms with Gasteiger partial charge in [-0.3, -0.25) is 4.79 Å². The molecule has 1 fully saturated rings. The number of hydrogen-bond acceptors (Lipinski definition) is 3. The van der Waals surface area contributed by atoms with Crippen molar-refractivity contribution in [2.45, 2.75) is 25.3 Å². The zero-order valence-electron chi connectivity index (χ0n) is 15.5. The Morgan fingerprint density at radius 2 is 1.81 bits per heavy atom. The first-order chi connectivity index (χ1) is 13.0. The molecule has 27 heavy (non-hydrogen) atoms. The van der Waals surface area contributed by atoms with Gasteiger partial charge in [0.05, 0.1) is 28.2 Å². The number of nitrogens with zero attached hydrogens (tertiary/aromatic N) is 2. The van der Waals surface area contributed by atoms with Crippen LogP contribution in [0.4, 0.5) is 5.69 Å². The summed E-state index contributed by atoms with van der Waals surface area (Å²) in [6.45, 7) is 3.01. The lowest BCUT2D eigenvalue weighted by Crippen LogP contribution is -2.39. The van der Waals surface area contributed by atoms with Gasteiger partial charge in [-0.15, -0.1) is 0 Å². The number of likely N-dealkylation sites (N-methyl/N-ethyl adjacent to an activating group) is 1. The van der Waals surface area contributed by atoms with Crippen LogP contribution in [-0.2, 0) is 11.2 Å². The lowest BCUT2D eigenvalue weighted by atomic mass is 10.0. The highest BCUT2D eigenvalue weighted by atomic mass is 35.5. The molecule has 0 aromatic heterocycles. The first-order valence-electron chi connectivity index (χ1n) is 9.22. The molecule has 3 rings (SSSR count).